The summed E-state index contributed by atoms with van der Waals surface area (Å²) >= 11 is 0. The van der Waals surface area contributed by atoms with Gasteiger partial charge < -0.3 is 19.7 Å². The minimum absolute atomic E-state index is 0.175. The van der Waals surface area contributed by atoms with Gasteiger partial charge in [-0.1, -0.05) is 31.2 Å². The van der Waals surface area contributed by atoms with Gasteiger partial charge >= 0.3 is 6.03 Å². The van der Waals surface area contributed by atoms with E-state index in [9.17, 15) is 9.90 Å². The van der Waals surface area contributed by atoms with E-state index in [0.717, 1.165) is 16.9 Å². The highest BCUT2D eigenvalue weighted by Crippen LogP contribution is 2.50. The number of imidazole rings is 1. The Hall–Kier alpha value is -4.14. The second kappa shape index (κ2) is 7.77. The molecule has 0 spiro atoms. The van der Waals surface area contributed by atoms with Gasteiger partial charge in [-0.05, 0) is 35.4 Å². The molecule has 0 aliphatic carbocycles. The normalized spacial score (nSPS) is 20.2. The van der Waals surface area contributed by atoms with Crippen molar-refractivity contribution in [3.63, 3.8) is 0 Å². The lowest BCUT2D eigenvalue weighted by Crippen LogP contribution is -2.49. The van der Waals surface area contributed by atoms with Crippen LogP contribution >= 0.6 is 0 Å². The Morgan fingerprint density at radius 1 is 1.15 bits per heavy atom. The van der Waals surface area contributed by atoms with Gasteiger partial charge in [-0.2, -0.15) is 0 Å². The fourth-order valence-corrected chi connectivity index (χ4v) is 4.79. The van der Waals surface area contributed by atoms with Crippen molar-refractivity contribution in [1.82, 2.24) is 19.8 Å². The van der Waals surface area contributed by atoms with Crippen LogP contribution in [0.1, 0.15) is 29.7 Å². The van der Waals surface area contributed by atoms with Crippen LogP contribution in [0.25, 0.3) is 0 Å². The number of methoxy groups -OCH3 is 1. The third-order valence-electron chi connectivity index (χ3n) is 6.52. The summed E-state index contributed by atoms with van der Waals surface area (Å²) in [6, 6.07) is 14.4. The molecule has 0 saturated carbocycles. The van der Waals surface area contributed by atoms with Gasteiger partial charge in [0.2, 0.25) is 0 Å². The minimum atomic E-state index is -0.969. The number of aromatic nitrogens is 2. The first-order valence-electron chi connectivity index (χ1n) is 10.6. The van der Waals surface area contributed by atoms with E-state index < -0.39 is 5.54 Å². The molecule has 33 heavy (non-hydrogen) atoms. The molecule has 2 aromatic carbocycles. The lowest BCUT2D eigenvalue weighted by molar-refractivity contribution is 0.167. The number of ether oxygens (including phenoxy) is 1. The maximum Gasteiger partial charge on any atom is 0.326 e. The van der Waals surface area contributed by atoms with Crippen LogP contribution in [-0.2, 0) is 12.1 Å². The standard InChI is InChI=1S/C24H24N6O3/c1-15(17-6-8-18(31)9-7-17)24-20-21(26-13-25-20)27-14-28-22(24)30(23(32)29(24)2)12-16-4-10-19(33-3)11-5-16/h4-11,13-15,31H,12H2,1-3H3,(H,25,26). The molecule has 2 N–H and O–H groups in total. The summed E-state index contributed by atoms with van der Waals surface area (Å²) in [5.74, 6) is 1.76. The van der Waals surface area contributed by atoms with E-state index in [0.29, 0.717) is 23.9 Å². The monoisotopic (exact) mass is 444 g/mol. The predicted octanol–water partition coefficient (Wildman–Crippen LogP) is 3.76. The van der Waals surface area contributed by atoms with Crippen LogP contribution in [0.2, 0.25) is 0 Å². The topological polar surface area (TPSA) is 106 Å². The highest BCUT2D eigenvalue weighted by molar-refractivity contribution is 6.13. The number of carbonyl (C=O) groups excluding carboxylic acids is 1. The van der Waals surface area contributed by atoms with Gasteiger partial charge in [-0.25, -0.2) is 19.8 Å². The molecule has 5 rings (SSSR count). The summed E-state index contributed by atoms with van der Waals surface area (Å²) in [4.78, 5) is 33.7. The summed E-state index contributed by atoms with van der Waals surface area (Å²) in [6.45, 7) is 2.38. The number of aliphatic imine (C=N–C) groups is 2. The smallest absolute Gasteiger partial charge is 0.326 e. The van der Waals surface area contributed by atoms with Crippen molar-refractivity contribution >= 4 is 24.0 Å². The van der Waals surface area contributed by atoms with Crippen LogP contribution in [0.15, 0.2) is 64.8 Å². The molecule has 2 amide bonds. The Balaban J connectivity index is 1.65. The zero-order chi connectivity index (χ0) is 23.2. The first-order chi connectivity index (χ1) is 16.0. The van der Waals surface area contributed by atoms with Gasteiger partial charge in [0.05, 0.1) is 25.7 Å². The quantitative estimate of drug-likeness (QED) is 0.625. The molecular weight excluding hydrogens is 420 g/mol. The van der Waals surface area contributed by atoms with E-state index in [-0.39, 0.29) is 17.7 Å². The Morgan fingerprint density at radius 3 is 2.58 bits per heavy atom. The average Bonchev–Trinajstić information content (AvgIpc) is 3.32. The number of hydrogen-bond acceptors (Lipinski definition) is 6. The van der Waals surface area contributed by atoms with Crippen molar-refractivity contribution < 1.29 is 14.6 Å². The van der Waals surface area contributed by atoms with Crippen LogP contribution in [-0.4, -0.2) is 57.2 Å². The van der Waals surface area contributed by atoms with E-state index in [1.807, 2.05) is 43.3 Å². The molecular formula is C24H24N6O3. The molecule has 2 aliphatic heterocycles. The van der Waals surface area contributed by atoms with Gasteiger partial charge in [0.15, 0.2) is 11.4 Å². The largest absolute Gasteiger partial charge is 0.508 e. The van der Waals surface area contributed by atoms with Crippen molar-refractivity contribution in [1.29, 1.82) is 0 Å². The zero-order valence-electron chi connectivity index (χ0n) is 18.6. The molecule has 1 fully saturated rings. The maximum atomic E-state index is 13.7. The van der Waals surface area contributed by atoms with Crippen LogP contribution in [0.5, 0.6) is 11.5 Å². The van der Waals surface area contributed by atoms with E-state index >= 15 is 0 Å². The Bertz CT molecular complexity index is 1250. The number of rotatable bonds is 5. The lowest BCUT2D eigenvalue weighted by Gasteiger charge is -2.39. The number of nitrogens with one attached hydrogen (secondary N) is 1. The number of phenols is 1. The average molecular weight is 444 g/mol. The number of nitrogens with zero attached hydrogens (tertiary/aromatic N) is 5. The van der Waals surface area contributed by atoms with Gasteiger partial charge in [-0.3, -0.25) is 4.90 Å². The number of aromatic amines is 1. The number of likely N-dealkylation sites (N-methyl/N-ethyl adjacent to an activating group) is 1. The Morgan fingerprint density at radius 2 is 1.88 bits per heavy atom. The molecule has 2 unspecified atom stereocenters. The fraction of sp³-hybridized carbons (Fsp3) is 0.250. The van der Waals surface area contributed by atoms with Gasteiger partial charge in [0, 0.05) is 13.0 Å². The van der Waals surface area contributed by atoms with Gasteiger partial charge in [-0.15, -0.1) is 0 Å². The second-order valence-corrected chi connectivity index (χ2v) is 8.15. The minimum Gasteiger partial charge on any atom is -0.508 e. The fourth-order valence-electron chi connectivity index (χ4n) is 4.79. The third-order valence-corrected chi connectivity index (χ3v) is 6.52. The molecule has 1 saturated heterocycles. The van der Waals surface area contributed by atoms with E-state index in [1.54, 1.807) is 42.4 Å². The first kappa shape index (κ1) is 20.7. The number of urea groups is 1. The van der Waals surface area contributed by atoms with E-state index in [1.165, 1.54) is 6.34 Å². The predicted molar refractivity (Wildman–Crippen MR) is 124 cm³/mol. The summed E-state index contributed by atoms with van der Waals surface area (Å²) in [5.41, 5.74) is 1.61. The van der Waals surface area contributed by atoms with Crippen LogP contribution in [0, 0.1) is 0 Å². The SMILES string of the molecule is COc1ccc(CN2C(=O)N(C)C3(C(C)c4ccc(O)cc4)C2=NC=Nc2nc[nH]c23)cc1. The molecule has 168 valence electrons. The molecule has 2 atom stereocenters. The van der Waals surface area contributed by atoms with Crippen LogP contribution in [0.3, 0.4) is 0 Å². The molecule has 0 bridgehead atoms. The van der Waals surface area contributed by atoms with Crippen molar-refractivity contribution in [3.05, 3.63) is 71.7 Å². The summed E-state index contributed by atoms with van der Waals surface area (Å²) in [5, 5.41) is 9.80. The number of benzene rings is 2. The van der Waals surface area contributed by atoms with E-state index in [2.05, 4.69) is 20.0 Å². The highest BCUT2D eigenvalue weighted by Gasteiger charge is 2.60. The molecule has 0 radical (unpaired) electrons. The molecule has 1 aromatic heterocycles. The van der Waals surface area contributed by atoms with E-state index in [4.69, 9.17) is 4.74 Å². The van der Waals surface area contributed by atoms with Gasteiger partial charge in [0.1, 0.15) is 23.7 Å². The summed E-state index contributed by atoms with van der Waals surface area (Å²) in [6.07, 6.45) is 3.04. The number of amides is 2. The lowest BCUT2D eigenvalue weighted by atomic mass is 9.76. The highest BCUT2D eigenvalue weighted by atomic mass is 16.5. The zero-order valence-corrected chi connectivity index (χ0v) is 18.6. The number of hydrogen-bond donors (Lipinski definition) is 2. The number of phenolic OH excluding ortho intramolecular Hbond substituents is 1. The number of H-pyrrole nitrogens is 1. The van der Waals surface area contributed by atoms with Gasteiger partial charge in [0.25, 0.3) is 0 Å². The first-order valence-corrected chi connectivity index (χ1v) is 10.6. The molecule has 3 aromatic rings. The van der Waals surface area contributed by atoms with Crippen LogP contribution < -0.4 is 4.74 Å². The van der Waals surface area contributed by atoms with Crippen molar-refractivity contribution in [2.75, 3.05) is 14.2 Å². The Labute approximate surface area is 191 Å². The number of aromatic hydroxyl groups is 1. The van der Waals surface area contributed by atoms with Crippen molar-refractivity contribution in [2.24, 2.45) is 9.98 Å². The van der Waals surface area contributed by atoms with Crippen LogP contribution in [0.4, 0.5) is 10.6 Å². The number of carbonyl (C=O) groups is 1. The molecule has 9 heteroatoms. The molecule has 3 heterocycles. The van der Waals surface area contributed by atoms with Crippen molar-refractivity contribution in [3.8, 4) is 11.5 Å². The number of amidine groups is 1. The van der Waals surface area contributed by atoms with Crippen molar-refractivity contribution in [2.45, 2.75) is 24.9 Å². The molecule has 9 nitrogen and oxygen atoms in total. The third kappa shape index (κ3) is 3.07. The molecule has 2 aliphatic rings. The number of fused-ring (bicyclic) bond motifs is 3. The summed E-state index contributed by atoms with van der Waals surface area (Å²) < 4.78 is 5.26. The maximum absolute atomic E-state index is 13.7. The second-order valence-electron chi connectivity index (χ2n) is 8.15. The Kier molecular flexibility index (Phi) is 4.88. The summed E-state index contributed by atoms with van der Waals surface area (Å²) in [7, 11) is 3.40.